The van der Waals surface area contributed by atoms with Crippen molar-refractivity contribution in [3.63, 3.8) is 0 Å². The van der Waals surface area contributed by atoms with Crippen molar-refractivity contribution in [2.75, 3.05) is 39.0 Å². The van der Waals surface area contributed by atoms with Gasteiger partial charge in [0.1, 0.15) is 6.54 Å². The Labute approximate surface area is 155 Å². The van der Waals surface area contributed by atoms with E-state index in [0.29, 0.717) is 17.5 Å². The van der Waals surface area contributed by atoms with Crippen LogP contribution in [0.2, 0.25) is 0 Å². The van der Waals surface area contributed by atoms with Gasteiger partial charge in [0.25, 0.3) is 5.91 Å². The number of fused-ring (bicyclic) bond motifs is 1. The number of hydrogen-bond acceptors (Lipinski definition) is 6. The van der Waals surface area contributed by atoms with Gasteiger partial charge in [0.05, 0.1) is 36.2 Å². The molecule has 10 nitrogen and oxygen atoms in total. The van der Waals surface area contributed by atoms with Crippen LogP contribution < -0.4 is 0 Å². The predicted octanol–water partition coefficient (Wildman–Crippen LogP) is -0.250. The summed E-state index contributed by atoms with van der Waals surface area (Å²) in [7, 11) is -3.71. The first-order chi connectivity index (χ1) is 12.8. The Hall–Kier alpha value is -2.50. The molecule has 0 bridgehead atoms. The minimum atomic E-state index is -3.71. The van der Waals surface area contributed by atoms with Crippen LogP contribution in [0, 0.1) is 0 Å². The molecule has 1 amide bonds. The fraction of sp³-hybridized carbons (Fsp3) is 0.438. The number of nitrogens with one attached hydrogen (secondary N) is 1. The van der Waals surface area contributed by atoms with Gasteiger partial charge < -0.3 is 14.7 Å². The molecule has 2 N–H and O–H groups in total. The van der Waals surface area contributed by atoms with E-state index in [9.17, 15) is 18.0 Å². The number of hydrogen-bond donors (Lipinski definition) is 2. The normalized spacial score (nSPS) is 18.1. The van der Waals surface area contributed by atoms with E-state index in [4.69, 9.17) is 9.84 Å². The van der Waals surface area contributed by atoms with Gasteiger partial charge in [-0.1, -0.05) is 6.07 Å². The van der Waals surface area contributed by atoms with Crippen molar-refractivity contribution in [2.45, 2.75) is 6.10 Å². The Morgan fingerprint density at radius 3 is 2.93 bits per heavy atom. The van der Waals surface area contributed by atoms with Crippen LogP contribution in [0.15, 0.2) is 24.4 Å². The summed E-state index contributed by atoms with van der Waals surface area (Å²) in [6.45, 7) is -0.0195. The van der Waals surface area contributed by atoms with Crippen LogP contribution in [0.4, 0.5) is 0 Å². The molecule has 2 aromatic rings. The Balaban J connectivity index is 1.74. The van der Waals surface area contributed by atoms with Crippen molar-refractivity contribution in [1.29, 1.82) is 0 Å². The highest BCUT2D eigenvalue weighted by atomic mass is 32.2. The number of carboxylic acids is 1. The van der Waals surface area contributed by atoms with Gasteiger partial charge in [-0.05, 0) is 12.1 Å². The number of rotatable bonds is 6. The molecule has 0 radical (unpaired) electrons. The lowest BCUT2D eigenvalue weighted by atomic mass is 10.1. The molecule has 2 heterocycles. The summed E-state index contributed by atoms with van der Waals surface area (Å²) in [6, 6.07) is 5.28. The number of ether oxygens (including phenoxy) is 1. The molecule has 0 spiro atoms. The van der Waals surface area contributed by atoms with Crippen LogP contribution >= 0.6 is 0 Å². The van der Waals surface area contributed by atoms with Gasteiger partial charge in [-0.3, -0.25) is 14.7 Å². The molecule has 1 fully saturated rings. The highest BCUT2D eigenvalue weighted by Gasteiger charge is 2.30. The monoisotopic (exact) mass is 396 g/mol. The molecule has 1 aliphatic rings. The van der Waals surface area contributed by atoms with E-state index in [1.54, 1.807) is 23.2 Å². The zero-order chi connectivity index (χ0) is 19.6. The number of H-pyrrole nitrogens is 1. The third kappa shape index (κ3) is 4.43. The molecule has 1 saturated heterocycles. The number of carbonyl (C=O) groups excluding carboxylic acids is 1. The maximum Gasteiger partial charge on any atom is 0.318 e. The van der Waals surface area contributed by atoms with Gasteiger partial charge in [-0.15, -0.1) is 0 Å². The number of carbonyl (C=O) groups is 2. The molecule has 0 unspecified atom stereocenters. The second-order valence-electron chi connectivity index (χ2n) is 6.33. The number of sulfonamides is 1. The van der Waals surface area contributed by atoms with Crippen molar-refractivity contribution in [3.05, 3.63) is 30.0 Å². The van der Waals surface area contributed by atoms with E-state index >= 15 is 0 Å². The molecule has 0 saturated carbocycles. The molecule has 27 heavy (non-hydrogen) atoms. The van der Waals surface area contributed by atoms with Gasteiger partial charge in [-0.25, -0.2) is 8.42 Å². The molecule has 11 heteroatoms. The summed E-state index contributed by atoms with van der Waals surface area (Å²) >= 11 is 0. The minimum Gasteiger partial charge on any atom is -0.480 e. The number of aromatic amines is 1. The van der Waals surface area contributed by atoms with Crippen LogP contribution in [-0.4, -0.2) is 89.9 Å². The molecule has 1 aromatic heterocycles. The minimum absolute atomic E-state index is 0.134. The van der Waals surface area contributed by atoms with E-state index in [1.165, 1.54) is 0 Å². The second kappa shape index (κ2) is 7.62. The maximum absolute atomic E-state index is 12.9. The molecule has 146 valence electrons. The molecule has 1 atom stereocenters. The zero-order valence-corrected chi connectivity index (χ0v) is 15.5. The summed E-state index contributed by atoms with van der Waals surface area (Å²) in [5, 5.41) is 16.4. The fourth-order valence-corrected chi connectivity index (χ4v) is 3.82. The van der Waals surface area contributed by atoms with E-state index < -0.39 is 28.6 Å². The van der Waals surface area contributed by atoms with Crippen LogP contribution in [0.1, 0.15) is 10.4 Å². The summed E-state index contributed by atoms with van der Waals surface area (Å²) in [6.07, 6.45) is 1.92. The number of morpholine rings is 1. The summed E-state index contributed by atoms with van der Waals surface area (Å²) < 4.78 is 30.0. The predicted molar refractivity (Wildman–Crippen MR) is 95.8 cm³/mol. The lowest BCUT2D eigenvalue weighted by molar-refractivity contribution is -0.137. The second-order valence-corrected chi connectivity index (χ2v) is 8.31. The van der Waals surface area contributed by atoms with E-state index in [0.717, 1.165) is 16.1 Å². The maximum atomic E-state index is 12.9. The first-order valence-electron chi connectivity index (χ1n) is 8.25. The molecule has 1 aliphatic heterocycles. The van der Waals surface area contributed by atoms with Crippen molar-refractivity contribution in [2.24, 2.45) is 0 Å². The number of carboxylic acid groups (broad SMARTS) is 1. The average Bonchev–Trinajstić information content (AvgIpc) is 3.08. The van der Waals surface area contributed by atoms with E-state index in [-0.39, 0.29) is 25.6 Å². The molecule has 1 aromatic carbocycles. The first-order valence-corrected chi connectivity index (χ1v) is 10.1. The zero-order valence-electron chi connectivity index (χ0n) is 14.7. The number of amides is 1. The van der Waals surface area contributed by atoms with Gasteiger partial charge in [0.2, 0.25) is 10.0 Å². The highest BCUT2D eigenvalue weighted by molar-refractivity contribution is 7.88. The third-order valence-electron chi connectivity index (χ3n) is 4.33. The lowest BCUT2D eigenvalue weighted by Gasteiger charge is -2.35. The van der Waals surface area contributed by atoms with Gasteiger partial charge in [-0.2, -0.15) is 9.40 Å². The standard InChI is InChI=1S/C16H20N4O6S/c1-27(24,25)20(10-15(21)22)9-11-8-19(5-6-26-11)16(23)12-3-2-4-14-13(12)7-17-18-14/h2-4,7,11H,5-6,8-10H2,1H3,(H,17,18)(H,21,22)/t11-/m0/s1. The van der Waals surface area contributed by atoms with Crippen LogP contribution in [0.3, 0.4) is 0 Å². The quantitative estimate of drug-likeness (QED) is 0.688. The Kier molecular flexibility index (Phi) is 5.44. The Morgan fingerprint density at radius 2 is 2.22 bits per heavy atom. The van der Waals surface area contributed by atoms with E-state index in [2.05, 4.69) is 10.2 Å². The van der Waals surface area contributed by atoms with Gasteiger partial charge >= 0.3 is 5.97 Å². The average molecular weight is 396 g/mol. The number of aromatic nitrogens is 2. The summed E-state index contributed by atoms with van der Waals surface area (Å²) in [4.78, 5) is 25.4. The first kappa shape index (κ1) is 19.3. The molecular formula is C16H20N4O6S. The molecular weight excluding hydrogens is 376 g/mol. The van der Waals surface area contributed by atoms with Crippen molar-refractivity contribution < 1.29 is 27.9 Å². The van der Waals surface area contributed by atoms with Gasteiger partial charge in [0.15, 0.2) is 0 Å². The highest BCUT2D eigenvalue weighted by Crippen LogP contribution is 2.19. The number of aliphatic carboxylic acids is 1. The van der Waals surface area contributed by atoms with E-state index in [1.807, 2.05) is 6.07 Å². The fourth-order valence-electron chi connectivity index (χ4n) is 3.03. The lowest BCUT2D eigenvalue weighted by Crippen LogP contribution is -2.51. The molecule has 3 rings (SSSR count). The van der Waals surface area contributed by atoms with Crippen LogP contribution in [0.5, 0.6) is 0 Å². The molecule has 0 aliphatic carbocycles. The topological polar surface area (TPSA) is 133 Å². The summed E-state index contributed by atoms with van der Waals surface area (Å²) in [5.74, 6) is -1.46. The van der Waals surface area contributed by atoms with Crippen LogP contribution in [-0.2, 0) is 19.6 Å². The van der Waals surface area contributed by atoms with Crippen molar-refractivity contribution >= 4 is 32.8 Å². The Morgan fingerprint density at radius 1 is 1.44 bits per heavy atom. The SMILES string of the molecule is CS(=O)(=O)N(CC(=O)O)C[C@@H]1CN(C(=O)c2cccc3[nH]ncc23)CCO1. The smallest absolute Gasteiger partial charge is 0.318 e. The number of nitrogens with zero attached hydrogens (tertiary/aromatic N) is 3. The third-order valence-corrected chi connectivity index (χ3v) is 5.55. The van der Waals surface area contributed by atoms with Crippen molar-refractivity contribution in [3.8, 4) is 0 Å². The number of benzene rings is 1. The van der Waals surface area contributed by atoms with Crippen molar-refractivity contribution in [1.82, 2.24) is 19.4 Å². The Bertz CT molecular complexity index is 957. The van der Waals surface area contributed by atoms with Crippen LogP contribution in [0.25, 0.3) is 10.9 Å². The largest absolute Gasteiger partial charge is 0.480 e. The van der Waals surface area contributed by atoms with Gasteiger partial charge in [0, 0.05) is 25.0 Å². The summed E-state index contributed by atoms with van der Waals surface area (Å²) in [5.41, 5.74) is 1.24.